The summed E-state index contributed by atoms with van der Waals surface area (Å²) in [5.41, 5.74) is 2.11. The molecule has 108 valence electrons. The van der Waals surface area contributed by atoms with Gasteiger partial charge >= 0.3 is 0 Å². The van der Waals surface area contributed by atoms with Crippen LogP contribution in [0.5, 0.6) is 0 Å². The minimum Gasteiger partial charge on any atom is -0.363 e. The van der Waals surface area contributed by atoms with Crippen LogP contribution >= 0.6 is 0 Å². The van der Waals surface area contributed by atoms with Gasteiger partial charge < -0.3 is 9.64 Å². The van der Waals surface area contributed by atoms with E-state index in [0.29, 0.717) is 25.3 Å². The third kappa shape index (κ3) is 3.45. The molecule has 0 aromatic heterocycles. The average Bonchev–Trinajstić information content (AvgIpc) is 2.98. The lowest BCUT2D eigenvalue weighted by molar-refractivity contribution is -0.134. The van der Waals surface area contributed by atoms with Crippen molar-refractivity contribution < 1.29 is 14.3 Å². The maximum Gasteiger partial charge on any atom is 0.263 e. The molecule has 0 saturated carbocycles. The second-order valence-corrected chi connectivity index (χ2v) is 5.49. The molecule has 0 aliphatic carbocycles. The first-order valence-electron chi connectivity index (χ1n) is 7.07. The van der Waals surface area contributed by atoms with Gasteiger partial charge in [-0.3, -0.25) is 15.0 Å². The Hall–Kier alpha value is -1.14. The summed E-state index contributed by atoms with van der Waals surface area (Å²) in [4.78, 5) is 25.1. The maximum absolute atomic E-state index is 11.9. The summed E-state index contributed by atoms with van der Waals surface area (Å²) in [5, 5.41) is 0. The highest BCUT2D eigenvalue weighted by molar-refractivity contribution is 5.80. The molecule has 0 aromatic carbocycles. The van der Waals surface area contributed by atoms with Crippen LogP contribution in [0.1, 0.15) is 39.0 Å². The zero-order valence-corrected chi connectivity index (χ0v) is 11.4. The van der Waals surface area contributed by atoms with Gasteiger partial charge in [-0.1, -0.05) is 13.3 Å². The van der Waals surface area contributed by atoms with E-state index >= 15 is 0 Å². The molecule has 0 radical (unpaired) electrons. The molecule has 3 atom stereocenters. The first-order valence-corrected chi connectivity index (χ1v) is 7.07. The van der Waals surface area contributed by atoms with Gasteiger partial charge in [0.05, 0.1) is 6.10 Å². The zero-order valence-electron chi connectivity index (χ0n) is 11.4. The van der Waals surface area contributed by atoms with Crippen LogP contribution in [0.25, 0.3) is 0 Å². The molecule has 2 amide bonds. The molecule has 0 aromatic rings. The molecule has 0 bridgehead atoms. The Bertz CT molecular complexity index is 348. The van der Waals surface area contributed by atoms with Crippen molar-refractivity contribution in [3.63, 3.8) is 0 Å². The van der Waals surface area contributed by atoms with E-state index in [0.717, 1.165) is 25.8 Å². The lowest BCUT2D eigenvalue weighted by Crippen LogP contribution is -2.40. The Morgan fingerprint density at radius 1 is 1.53 bits per heavy atom. The molecule has 0 spiro atoms. The van der Waals surface area contributed by atoms with Gasteiger partial charge in [0, 0.05) is 19.5 Å². The largest absolute Gasteiger partial charge is 0.363 e. The third-order valence-corrected chi connectivity index (χ3v) is 3.96. The van der Waals surface area contributed by atoms with Crippen molar-refractivity contribution in [2.75, 3.05) is 13.1 Å². The molecule has 2 aliphatic rings. The highest BCUT2D eigenvalue weighted by Crippen LogP contribution is 2.26. The van der Waals surface area contributed by atoms with E-state index in [2.05, 4.69) is 12.3 Å². The molecule has 6 heteroatoms. The van der Waals surface area contributed by atoms with Gasteiger partial charge in [-0.05, 0) is 25.2 Å². The van der Waals surface area contributed by atoms with E-state index in [4.69, 9.17) is 10.6 Å². The molecule has 3 N–H and O–H groups in total. The highest BCUT2D eigenvalue weighted by atomic mass is 16.5. The van der Waals surface area contributed by atoms with Crippen molar-refractivity contribution in [1.29, 1.82) is 0 Å². The minimum absolute atomic E-state index is 0.0355. The van der Waals surface area contributed by atoms with Crippen LogP contribution in [0.4, 0.5) is 0 Å². The SMILES string of the molecule is CCCC1CC(=O)N(CC2CCC(C(=O)NN)O2)C1. The Labute approximate surface area is 113 Å². The predicted molar refractivity (Wildman–Crippen MR) is 69.8 cm³/mol. The highest BCUT2D eigenvalue weighted by Gasteiger charge is 2.35. The second-order valence-electron chi connectivity index (χ2n) is 5.49. The molecular formula is C13H23N3O3. The molecule has 3 unspecified atom stereocenters. The summed E-state index contributed by atoms with van der Waals surface area (Å²) in [6.45, 7) is 3.58. The lowest BCUT2D eigenvalue weighted by atomic mass is 10.0. The Morgan fingerprint density at radius 2 is 2.32 bits per heavy atom. The van der Waals surface area contributed by atoms with Crippen LogP contribution in [-0.4, -0.2) is 42.0 Å². The van der Waals surface area contributed by atoms with Gasteiger partial charge in [-0.2, -0.15) is 0 Å². The second kappa shape index (κ2) is 6.34. The summed E-state index contributed by atoms with van der Waals surface area (Å²) in [7, 11) is 0. The number of hydrogen-bond donors (Lipinski definition) is 2. The fourth-order valence-corrected chi connectivity index (χ4v) is 3.00. The number of carbonyl (C=O) groups excluding carboxylic acids is 2. The fourth-order valence-electron chi connectivity index (χ4n) is 3.00. The third-order valence-electron chi connectivity index (χ3n) is 3.96. The van der Waals surface area contributed by atoms with Gasteiger partial charge in [-0.15, -0.1) is 0 Å². The molecule has 2 aliphatic heterocycles. The number of hydrazine groups is 1. The van der Waals surface area contributed by atoms with Gasteiger partial charge in [0.25, 0.3) is 5.91 Å². The minimum atomic E-state index is -0.459. The van der Waals surface area contributed by atoms with Gasteiger partial charge in [0.1, 0.15) is 6.10 Å². The van der Waals surface area contributed by atoms with Crippen molar-refractivity contribution in [3.8, 4) is 0 Å². The standard InChI is InChI=1S/C13H23N3O3/c1-2-3-9-6-12(17)16(7-9)8-10-4-5-11(19-10)13(18)15-14/h9-11H,2-8,14H2,1H3,(H,15,18). The normalized spacial score (nSPS) is 30.9. The van der Waals surface area contributed by atoms with Gasteiger partial charge in [0.2, 0.25) is 5.91 Å². The Morgan fingerprint density at radius 3 is 3.00 bits per heavy atom. The Balaban J connectivity index is 1.79. The number of hydrogen-bond acceptors (Lipinski definition) is 4. The van der Waals surface area contributed by atoms with Crippen molar-refractivity contribution in [2.45, 2.75) is 51.2 Å². The van der Waals surface area contributed by atoms with E-state index in [1.165, 1.54) is 0 Å². The lowest BCUT2D eigenvalue weighted by Gasteiger charge is -2.21. The topological polar surface area (TPSA) is 84.7 Å². The molecule has 19 heavy (non-hydrogen) atoms. The molecule has 2 rings (SSSR count). The first kappa shape index (κ1) is 14.3. The van der Waals surface area contributed by atoms with Crippen molar-refractivity contribution in [2.24, 2.45) is 11.8 Å². The van der Waals surface area contributed by atoms with Crippen molar-refractivity contribution in [1.82, 2.24) is 10.3 Å². The smallest absolute Gasteiger partial charge is 0.263 e. The van der Waals surface area contributed by atoms with Gasteiger partial charge in [0.15, 0.2) is 0 Å². The molecule has 2 fully saturated rings. The summed E-state index contributed by atoms with van der Waals surface area (Å²) in [5.74, 6) is 5.52. The fraction of sp³-hybridized carbons (Fsp3) is 0.846. The summed E-state index contributed by atoms with van der Waals surface area (Å²) in [6, 6.07) is 0. The predicted octanol–water partition coefficient (Wildman–Crippen LogP) is 0.173. The molecule has 2 heterocycles. The number of ether oxygens (including phenoxy) is 1. The van der Waals surface area contributed by atoms with E-state index in [1.807, 2.05) is 4.90 Å². The van der Waals surface area contributed by atoms with Crippen LogP contribution in [0.3, 0.4) is 0 Å². The number of nitrogens with zero attached hydrogens (tertiary/aromatic N) is 1. The number of carbonyl (C=O) groups is 2. The maximum atomic E-state index is 11.9. The number of nitrogens with two attached hydrogens (primary N) is 1. The Kier molecular flexibility index (Phi) is 4.76. The number of rotatable bonds is 5. The molecule has 6 nitrogen and oxygen atoms in total. The molecular weight excluding hydrogens is 246 g/mol. The van der Waals surface area contributed by atoms with E-state index in [-0.39, 0.29) is 17.9 Å². The quantitative estimate of drug-likeness (QED) is 0.423. The van der Waals surface area contributed by atoms with Crippen LogP contribution in [0, 0.1) is 5.92 Å². The number of likely N-dealkylation sites (tertiary alicyclic amines) is 1. The average molecular weight is 269 g/mol. The summed E-state index contributed by atoms with van der Waals surface area (Å²) < 4.78 is 5.63. The number of amides is 2. The van der Waals surface area contributed by atoms with Gasteiger partial charge in [-0.25, -0.2) is 5.84 Å². The van der Waals surface area contributed by atoms with Crippen molar-refractivity contribution in [3.05, 3.63) is 0 Å². The van der Waals surface area contributed by atoms with Crippen molar-refractivity contribution >= 4 is 11.8 Å². The number of nitrogens with one attached hydrogen (secondary N) is 1. The molecule has 2 saturated heterocycles. The van der Waals surface area contributed by atoms with E-state index in [1.54, 1.807) is 0 Å². The zero-order chi connectivity index (χ0) is 13.8. The van der Waals surface area contributed by atoms with Crippen LogP contribution in [0.15, 0.2) is 0 Å². The van der Waals surface area contributed by atoms with Crippen LogP contribution < -0.4 is 11.3 Å². The summed E-state index contributed by atoms with van der Waals surface area (Å²) >= 11 is 0. The monoisotopic (exact) mass is 269 g/mol. The van der Waals surface area contributed by atoms with E-state index < -0.39 is 6.10 Å². The van der Waals surface area contributed by atoms with Crippen LogP contribution in [0.2, 0.25) is 0 Å². The van der Waals surface area contributed by atoms with E-state index in [9.17, 15) is 9.59 Å². The first-order chi connectivity index (χ1) is 9.13. The summed E-state index contributed by atoms with van der Waals surface area (Å²) in [6.07, 6.45) is 3.86. The van der Waals surface area contributed by atoms with Crippen LogP contribution in [-0.2, 0) is 14.3 Å².